The molecule has 0 fully saturated rings. The molecule has 3 aromatic rings. The second-order valence-corrected chi connectivity index (χ2v) is 7.41. The molecule has 0 radical (unpaired) electrons. The van der Waals surface area contributed by atoms with Crippen LogP contribution in [0.25, 0.3) is 0 Å². The van der Waals surface area contributed by atoms with E-state index < -0.39 is 17.2 Å². The number of carbonyl (C=O) groups excluding carboxylic acids is 2. The van der Waals surface area contributed by atoms with E-state index in [1.807, 2.05) is 6.92 Å². The molecule has 7 nitrogen and oxygen atoms in total. The molecule has 8 heteroatoms. The molecule has 0 unspecified atom stereocenters. The van der Waals surface area contributed by atoms with Crippen molar-refractivity contribution in [3.8, 4) is 0 Å². The number of aromatic nitrogens is 1. The molecule has 2 amide bonds. The second kappa shape index (κ2) is 11.1. The summed E-state index contributed by atoms with van der Waals surface area (Å²) in [6, 6.07) is 9.48. The van der Waals surface area contributed by atoms with Crippen molar-refractivity contribution in [1.82, 2.24) is 15.2 Å². The fraction of sp³-hybridized carbons (Fsp3) is 0.292. The van der Waals surface area contributed by atoms with Crippen LogP contribution in [-0.2, 0) is 13.0 Å². The molecule has 168 valence electrons. The van der Waals surface area contributed by atoms with Gasteiger partial charge in [-0.3, -0.25) is 14.4 Å². The number of pyridine rings is 1. The number of carbonyl (C=O) groups is 2. The van der Waals surface area contributed by atoms with Gasteiger partial charge in [0.2, 0.25) is 5.43 Å². The Morgan fingerprint density at radius 1 is 1.00 bits per heavy atom. The second-order valence-electron chi connectivity index (χ2n) is 7.41. The van der Waals surface area contributed by atoms with E-state index in [0.29, 0.717) is 18.7 Å². The van der Waals surface area contributed by atoms with Crippen LogP contribution in [0.15, 0.2) is 64.3 Å². The van der Waals surface area contributed by atoms with Crippen LogP contribution < -0.4 is 16.1 Å². The fourth-order valence-corrected chi connectivity index (χ4v) is 3.17. The van der Waals surface area contributed by atoms with Crippen molar-refractivity contribution in [2.45, 2.75) is 32.7 Å². The lowest BCUT2D eigenvalue weighted by molar-refractivity contribution is 0.0950. The van der Waals surface area contributed by atoms with Crippen molar-refractivity contribution < 1.29 is 18.4 Å². The molecule has 32 heavy (non-hydrogen) atoms. The summed E-state index contributed by atoms with van der Waals surface area (Å²) in [6.45, 7) is 2.97. The van der Waals surface area contributed by atoms with Crippen LogP contribution in [0.3, 0.4) is 0 Å². The number of halogens is 1. The number of amides is 2. The van der Waals surface area contributed by atoms with Crippen molar-refractivity contribution >= 4 is 11.8 Å². The molecule has 3 rings (SSSR count). The maximum absolute atomic E-state index is 13.0. The van der Waals surface area contributed by atoms with E-state index in [1.54, 1.807) is 28.8 Å². The van der Waals surface area contributed by atoms with E-state index in [2.05, 4.69) is 10.6 Å². The molecule has 0 saturated heterocycles. The van der Waals surface area contributed by atoms with Gasteiger partial charge in [-0.05, 0) is 42.7 Å². The van der Waals surface area contributed by atoms with Crippen LogP contribution in [0, 0.1) is 5.82 Å². The summed E-state index contributed by atoms with van der Waals surface area (Å²) in [5.74, 6) is -0.802. The number of hydrogen-bond acceptors (Lipinski definition) is 4. The molecule has 0 saturated carbocycles. The number of furan rings is 1. The molecule has 1 aromatic carbocycles. The number of rotatable bonds is 10. The van der Waals surface area contributed by atoms with Crippen molar-refractivity contribution in [1.29, 1.82) is 0 Å². The lowest BCUT2D eigenvalue weighted by atomic mass is 10.1. The predicted octanol–water partition coefficient (Wildman–Crippen LogP) is 3.13. The maximum atomic E-state index is 13.0. The zero-order chi connectivity index (χ0) is 22.9. The van der Waals surface area contributed by atoms with Gasteiger partial charge < -0.3 is 19.6 Å². The van der Waals surface area contributed by atoms with Gasteiger partial charge in [0.25, 0.3) is 11.8 Å². The number of unbranched alkanes of at least 4 members (excludes halogenated alkanes) is 1. The summed E-state index contributed by atoms with van der Waals surface area (Å²) in [7, 11) is 0. The maximum Gasteiger partial charge on any atom is 0.256 e. The minimum Gasteiger partial charge on any atom is -0.467 e. The smallest absolute Gasteiger partial charge is 0.256 e. The standard InChI is InChI=1S/C24H26FN3O4/c1-2-3-11-26-23(30)20-15-28(14-19-5-4-13-32-19)16-21(22(20)29)24(31)27-12-10-17-6-8-18(25)9-7-17/h4-9,13,15-16H,2-3,10-12,14H2,1H3,(H,26,30)(H,27,31). The van der Waals surface area contributed by atoms with Crippen LogP contribution in [-0.4, -0.2) is 29.5 Å². The van der Waals surface area contributed by atoms with Gasteiger partial charge >= 0.3 is 0 Å². The largest absolute Gasteiger partial charge is 0.467 e. The molecule has 0 aliphatic carbocycles. The summed E-state index contributed by atoms with van der Waals surface area (Å²) >= 11 is 0. The first-order valence-electron chi connectivity index (χ1n) is 10.5. The number of hydrogen-bond donors (Lipinski definition) is 2. The number of nitrogens with zero attached hydrogens (tertiary/aromatic N) is 1. The monoisotopic (exact) mass is 439 g/mol. The Kier molecular flexibility index (Phi) is 7.96. The number of benzene rings is 1. The Balaban J connectivity index is 1.79. The van der Waals surface area contributed by atoms with Crippen LogP contribution in [0.1, 0.15) is 51.8 Å². The Hall–Kier alpha value is -3.68. The molecule has 2 N–H and O–H groups in total. The Morgan fingerprint density at radius 3 is 2.25 bits per heavy atom. The summed E-state index contributed by atoms with van der Waals surface area (Å²) in [4.78, 5) is 38.3. The highest BCUT2D eigenvalue weighted by Crippen LogP contribution is 2.07. The van der Waals surface area contributed by atoms with E-state index in [0.717, 1.165) is 18.4 Å². The summed E-state index contributed by atoms with van der Waals surface area (Å²) < 4.78 is 20.0. The van der Waals surface area contributed by atoms with E-state index in [9.17, 15) is 18.8 Å². The topological polar surface area (TPSA) is 93.3 Å². The van der Waals surface area contributed by atoms with E-state index in [4.69, 9.17) is 4.42 Å². The first-order valence-corrected chi connectivity index (χ1v) is 10.5. The van der Waals surface area contributed by atoms with E-state index in [-0.39, 0.29) is 30.0 Å². The average Bonchev–Trinajstić information content (AvgIpc) is 3.29. The van der Waals surface area contributed by atoms with Crippen molar-refractivity contribution in [2.24, 2.45) is 0 Å². The lowest BCUT2D eigenvalue weighted by Gasteiger charge is -2.12. The molecular formula is C24H26FN3O4. The van der Waals surface area contributed by atoms with Gasteiger partial charge in [0, 0.05) is 25.5 Å². The minimum atomic E-state index is -0.631. The van der Waals surface area contributed by atoms with Crippen molar-refractivity contribution in [2.75, 3.05) is 13.1 Å². The van der Waals surface area contributed by atoms with Crippen LogP contribution in [0.5, 0.6) is 0 Å². The van der Waals surface area contributed by atoms with Gasteiger partial charge in [-0.1, -0.05) is 25.5 Å². The van der Waals surface area contributed by atoms with E-state index >= 15 is 0 Å². The van der Waals surface area contributed by atoms with Crippen molar-refractivity contribution in [3.63, 3.8) is 0 Å². The molecule has 0 bridgehead atoms. The van der Waals surface area contributed by atoms with E-state index in [1.165, 1.54) is 30.8 Å². The first kappa shape index (κ1) is 23.0. The van der Waals surface area contributed by atoms with Crippen molar-refractivity contribution in [3.05, 3.63) is 93.5 Å². The predicted molar refractivity (Wildman–Crippen MR) is 118 cm³/mol. The van der Waals surface area contributed by atoms with Crippen LogP contribution in [0.4, 0.5) is 4.39 Å². The molecule has 2 aromatic heterocycles. The third-order valence-corrected chi connectivity index (χ3v) is 4.92. The summed E-state index contributed by atoms with van der Waals surface area (Å²) in [5.41, 5.74) is -0.00222. The molecule has 0 aliphatic rings. The lowest BCUT2D eigenvalue weighted by Crippen LogP contribution is -2.36. The first-order chi connectivity index (χ1) is 15.5. The summed E-state index contributed by atoms with van der Waals surface area (Å²) in [5, 5.41) is 5.43. The molecule has 0 atom stereocenters. The highest BCUT2D eigenvalue weighted by Gasteiger charge is 2.19. The Bertz CT molecular complexity index is 1110. The minimum absolute atomic E-state index is 0.0983. The summed E-state index contributed by atoms with van der Waals surface area (Å²) in [6.07, 6.45) is 6.54. The van der Waals surface area contributed by atoms with Crippen LogP contribution in [0.2, 0.25) is 0 Å². The molecule has 0 spiro atoms. The zero-order valence-electron chi connectivity index (χ0n) is 17.9. The average molecular weight is 439 g/mol. The fourth-order valence-electron chi connectivity index (χ4n) is 3.17. The number of nitrogens with one attached hydrogen (secondary N) is 2. The van der Waals surface area contributed by atoms with Gasteiger partial charge in [-0.2, -0.15) is 0 Å². The van der Waals surface area contributed by atoms with Gasteiger partial charge in [0.1, 0.15) is 22.7 Å². The van der Waals surface area contributed by atoms with Gasteiger partial charge in [0.05, 0.1) is 12.8 Å². The van der Waals surface area contributed by atoms with Gasteiger partial charge in [-0.25, -0.2) is 4.39 Å². The quantitative estimate of drug-likeness (QED) is 0.475. The molecule has 0 aliphatic heterocycles. The normalized spacial score (nSPS) is 10.7. The van der Waals surface area contributed by atoms with Gasteiger partial charge in [-0.15, -0.1) is 0 Å². The third kappa shape index (κ3) is 6.16. The van der Waals surface area contributed by atoms with Crippen LogP contribution >= 0.6 is 0 Å². The molecular weight excluding hydrogens is 413 g/mol. The van der Waals surface area contributed by atoms with Gasteiger partial charge in [0.15, 0.2) is 0 Å². The highest BCUT2D eigenvalue weighted by atomic mass is 19.1. The zero-order valence-corrected chi connectivity index (χ0v) is 17.9. The molecule has 2 heterocycles. The highest BCUT2D eigenvalue weighted by molar-refractivity contribution is 5.99. The third-order valence-electron chi connectivity index (χ3n) is 4.92. The Labute approximate surface area is 185 Å². The Morgan fingerprint density at radius 2 is 1.66 bits per heavy atom. The SMILES string of the molecule is CCCCNC(=O)c1cn(Cc2ccco2)cc(C(=O)NCCc2ccc(F)cc2)c1=O.